The van der Waals surface area contributed by atoms with Gasteiger partial charge in [0.2, 0.25) is 0 Å². The lowest BCUT2D eigenvalue weighted by Gasteiger charge is -2.16. The molecule has 0 spiro atoms. The summed E-state index contributed by atoms with van der Waals surface area (Å²) in [5.41, 5.74) is 2.31. The van der Waals surface area contributed by atoms with Gasteiger partial charge in [0.25, 0.3) is 0 Å². The van der Waals surface area contributed by atoms with Crippen molar-refractivity contribution in [1.82, 2.24) is 4.72 Å². The highest BCUT2D eigenvalue weighted by molar-refractivity contribution is 7.78. The maximum absolute atomic E-state index is 5.43. The molecular weight excluding hydrogens is 234 g/mol. The van der Waals surface area contributed by atoms with Gasteiger partial charge in [-0.05, 0) is 30.0 Å². The van der Waals surface area contributed by atoms with Crippen LogP contribution in [0, 0.1) is 0 Å². The van der Waals surface area contributed by atoms with Gasteiger partial charge in [-0.15, -0.1) is 0 Å². The quantitative estimate of drug-likeness (QED) is 0.766. The first-order valence-electron chi connectivity index (χ1n) is 5.75. The molecule has 0 atom stereocenters. The van der Waals surface area contributed by atoms with Crippen LogP contribution in [0.5, 0.6) is 11.5 Å². The van der Waals surface area contributed by atoms with E-state index in [0.29, 0.717) is 5.92 Å². The molecule has 4 heteroatoms. The highest BCUT2D eigenvalue weighted by Gasteiger charge is 2.13. The second kappa shape index (κ2) is 6.77. The Hall–Kier alpha value is -0.870. The van der Waals surface area contributed by atoms with Crippen LogP contribution in [0.2, 0.25) is 0 Å². The molecule has 0 aliphatic heterocycles. The first kappa shape index (κ1) is 14.2. The van der Waals surface area contributed by atoms with Gasteiger partial charge in [0.1, 0.15) is 11.5 Å². The number of rotatable bonds is 6. The molecule has 1 aromatic rings. The Kier molecular flexibility index (Phi) is 5.65. The summed E-state index contributed by atoms with van der Waals surface area (Å²) in [4.78, 5) is 0. The third kappa shape index (κ3) is 3.54. The van der Waals surface area contributed by atoms with Crippen molar-refractivity contribution in [2.24, 2.45) is 0 Å². The lowest BCUT2D eigenvalue weighted by atomic mass is 9.98. The predicted octanol–water partition coefficient (Wildman–Crippen LogP) is 2.80. The molecule has 1 N–H and O–H groups in total. The number of ether oxygens (including phenoxy) is 2. The zero-order chi connectivity index (χ0) is 12.8. The third-order valence-corrected chi connectivity index (χ3v) is 2.98. The van der Waals surface area contributed by atoms with E-state index in [4.69, 9.17) is 9.47 Å². The largest absolute Gasteiger partial charge is 0.496 e. The van der Waals surface area contributed by atoms with Gasteiger partial charge in [-0.2, -0.15) is 0 Å². The minimum Gasteiger partial charge on any atom is -0.496 e. The Bertz CT molecular complexity index is 367. The van der Waals surface area contributed by atoms with Crippen LogP contribution in [0.4, 0.5) is 0 Å². The highest BCUT2D eigenvalue weighted by Crippen LogP contribution is 2.33. The Morgan fingerprint density at radius 1 is 1.18 bits per heavy atom. The average molecular weight is 255 g/mol. The van der Waals surface area contributed by atoms with Crippen molar-refractivity contribution in [2.45, 2.75) is 26.2 Å². The van der Waals surface area contributed by atoms with Crippen molar-refractivity contribution >= 4 is 12.8 Å². The molecule has 0 saturated heterocycles. The van der Waals surface area contributed by atoms with Gasteiger partial charge in [-0.25, -0.2) is 0 Å². The zero-order valence-corrected chi connectivity index (χ0v) is 11.8. The van der Waals surface area contributed by atoms with Gasteiger partial charge in [-0.1, -0.05) is 26.7 Å². The van der Waals surface area contributed by atoms with Crippen LogP contribution in [-0.2, 0) is 6.42 Å². The van der Waals surface area contributed by atoms with Gasteiger partial charge >= 0.3 is 0 Å². The summed E-state index contributed by atoms with van der Waals surface area (Å²) in [6.07, 6.45) is 0.863. The Morgan fingerprint density at radius 3 is 2.29 bits per heavy atom. The summed E-state index contributed by atoms with van der Waals surface area (Å²) in [6.45, 7) is 5.09. The van der Waals surface area contributed by atoms with E-state index in [9.17, 15) is 0 Å². The summed E-state index contributed by atoms with van der Waals surface area (Å²) >= 11 is 3.99. The van der Waals surface area contributed by atoms with Crippen LogP contribution in [0.3, 0.4) is 0 Å². The van der Waals surface area contributed by atoms with E-state index in [1.54, 1.807) is 14.2 Å². The molecule has 0 bridgehead atoms. The van der Waals surface area contributed by atoms with Crippen LogP contribution < -0.4 is 14.2 Å². The maximum atomic E-state index is 5.43. The van der Waals surface area contributed by atoms with Crippen molar-refractivity contribution in [2.75, 3.05) is 20.8 Å². The molecular formula is C13H21NO2S. The standard InChI is InChI=1S/C13H21NO2S/c1-9(2)11-8-12(15-3)10(5-6-14-17)7-13(11)16-4/h7-9,14,17H,5-6H2,1-4H3. The first-order chi connectivity index (χ1) is 8.13. The smallest absolute Gasteiger partial charge is 0.122 e. The molecule has 0 saturated carbocycles. The van der Waals surface area contributed by atoms with Crippen molar-refractivity contribution < 1.29 is 9.47 Å². The van der Waals surface area contributed by atoms with Crippen LogP contribution in [-0.4, -0.2) is 20.8 Å². The fourth-order valence-electron chi connectivity index (χ4n) is 1.82. The molecule has 1 aromatic carbocycles. The fraction of sp³-hybridized carbons (Fsp3) is 0.538. The number of methoxy groups -OCH3 is 2. The van der Waals surface area contributed by atoms with E-state index in [2.05, 4.69) is 43.5 Å². The van der Waals surface area contributed by atoms with Crippen molar-refractivity contribution in [3.63, 3.8) is 0 Å². The summed E-state index contributed by atoms with van der Waals surface area (Å²) in [7, 11) is 3.40. The molecule has 0 aromatic heterocycles. The second-order valence-electron chi connectivity index (χ2n) is 4.22. The SMILES string of the molecule is COc1cc(C(C)C)c(OC)cc1CCNS. The monoisotopic (exact) mass is 255 g/mol. The first-order valence-corrected chi connectivity index (χ1v) is 6.20. The van der Waals surface area contributed by atoms with Crippen molar-refractivity contribution in [3.05, 3.63) is 23.3 Å². The molecule has 0 aliphatic carbocycles. The molecule has 0 unspecified atom stereocenters. The lowest BCUT2D eigenvalue weighted by Crippen LogP contribution is -2.07. The molecule has 0 heterocycles. The predicted molar refractivity (Wildman–Crippen MR) is 74.3 cm³/mol. The van der Waals surface area contributed by atoms with Crippen LogP contribution >= 0.6 is 12.8 Å². The molecule has 0 fully saturated rings. The highest BCUT2D eigenvalue weighted by atomic mass is 32.1. The van der Waals surface area contributed by atoms with Crippen molar-refractivity contribution in [3.8, 4) is 11.5 Å². The molecule has 96 valence electrons. The summed E-state index contributed by atoms with van der Waals surface area (Å²) in [5, 5.41) is 0. The van der Waals surface area contributed by atoms with Gasteiger partial charge in [0, 0.05) is 12.1 Å². The van der Waals surface area contributed by atoms with Crippen molar-refractivity contribution in [1.29, 1.82) is 0 Å². The maximum Gasteiger partial charge on any atom is 0.122 e. The normalized spacial score (nSPS) is 10.7. The van der Waals surface area contributed by atoms with E-state index in [0.717, 1.165) is 30.0 Å². The number of hydrogen-bond acceptors (Lipinski definition) is 4. The summed E-state index contributed by atoms with van der Waals surface area (Å²) in [6, 6.07) is 4.12. The molecule has 0 amide bonds. The molecule has 0 radical (unpaired) electrons. The second-order valence-corrected chi connectivity index (χ2v) is 4.54. The summed E-state index contributed by atoms with van der Waals surface area (Å²) in [5.74, 6) is 2.25. The van der Waals surface area contributed by atoms with E-state index in [-0.39, 0.29) is 0 Å². The van der Waals surface area contributed by atoms with Crippen LogP contribution in [0.15, 0.2) is 12.1 Å². The van der Waals surface area contributed by atoms with Gasteiger partial charge in [0.05, 0.1) is 14.2 Å². The average Bonchev–Trinajstić information content (AvgIpc) is 2.34. The van der Waals surface area contributed by atoms with E-state index in [1.807, 2.05) is 0 Å². The number of hydrogen-bond donors (Lipinski definition) is 2. The summed E-state index contributed by atoms with van der Waals surface area (Å²) < 4.78 is 13.7. The van der Waals surface area contributed by atoms with Gasteiger partial charge < -0.3 is 9.47 Å². The van der Waals surface area contributed by atoms with E-state index >= 15 is 0 Å². The number of thiol groups is 1. The van der Waals surface area contributed by atoms with E-state index < -0.39 is 0 Å². The third-order valence-electron chi connectivity index (χ3n) is 2.76. The minimum atomic E-state index is 0.413. The topological polar surface area (TPSA) is 30.5 Å². The van der Waals surface area contributed by atoms with Gasteiger partial charge in [-0.3, -0.25) is 4.72 Å². The Labute approximate surface area is 109 Å². The Balaban J connectivity index is 3.13. The van der Waals surface area contributed by atoms with E-state index in [1.165, 1.54) is 5.56 Å². The van der Waals surface area contributed by atoms with Crippen LogP contribution in [0.1, 0.15) is 30.9 Å². The molecule has 17 heavy (non-hydrogen) atoms. The molecule has 0 aliphatic rings. The zero-order valence-electron chi connectivity index (χ0n) is 10.9. The fourth-order valence-corrected chi connectivity index (χ4v) is 1.93. The number of nitrogens with one attached hydrogen (secondary N) is 1. The Morgan fingerprint density at radius 2 is 1.82 bits per heavy atom. The lowest BCUT2D eigenvalue weighted by molar-refractivity contribution is 0.393. The molecule has 1 rings (SSSR count). The van der Waals surface area contributed by atoms with Gasteiger partial charge in [0.15, 0.2) is 0 Å². The van der Waals surface area contributed by atoms with Crippen LogP contribution in [0.25, 0.3) is 0 Å². The number of benzene rings is 1. The molecule has 3 nitrogen and oxygen atoms in total. The minimum absolute atomic E-state index is 0.413.